The van der Waals surface area contributed by atoms with Crippen LogP contribution < -0.4 is 20.3 Å². The summed E-state index contributed by atoms with van der Waals surface area (Å²) in [6.07, 6.45) is 1.86. The van der Waals surface area contributed by atoms with Gasteiger partial charge in [-0.25, -0.2) is 0 Å². The number of carbonyl (C=O) groups excluding carboxylic acids is 1. The van der Waals surface area contributed by atoms with Crippen LogP contribution in [0.1, 0.15) is 17.3 Å². The van der Waals surface area contributed by atoms with Crippen molar-refractivity contribution in [1.82, 2.24) is 25.3 Å². The number of ether oxygens (including phenoxy) is 1. The summed E-state index contributed by atoms with van der Waals surface area (Å²) in [5.74, 6) is 1.42. The van der Waals surface area contributed by atoms with E-state index < -0.39 is 0 Å². The third-order valence-electron chi connectivity index (χ3n) is 4.60. The molecular weight excluding hydrogens is 358 g/mol. The Morgan fingerprint density at radius 2 is 2.07 bits per heavy atom. The molecule has 9 heteroatoms. The zero-order valence-electron chi connectivity index (χ0n) is 16.0. The lowest BCUT2D eigenvalue weighted by atomic mass is 10.1. The molecule has 0 saturated carbocycles. The highest BCUT2D eigenvalue weighted by atomic mass is 16.5. The van der Waals surface area contributed by atoms with Gasteiger partial charge in [0.25, 0.3) is 5.91 Å². The SMILES string of the molecule is CCOc1cc2nn(C)cc2cc1C(=O)Nc1ccc(N2CCNCC2)nn1. The minimum atomic E-state index is -0.293. The smallest absolute Gasteiger partial charge is 0.260 e. The first kappa shape index (κ1) is 18.2. The molecule has 1 fully saturated rings. The zero-order chi connectivity index (χ0) is 19.5. The monoisotopic (exact) mass is 381 g/mol. The lowest BCUT2D eigenvalue weighted by molar-refractivity contribution is 0.102. The normalized spacial score (nSPS) is 14.3. The van der Waals surface area contributed by atoms with E-state index >= 15 is 0 Å². The van der Waals surface area contributed by atoms with Crippen molar-refractivity contribution in [3.63, 3.8) is 0 Å². The van der Waals surface area contributed by atoms with Crippen molar-refractivity contribution in [2.45, 2.75) is 6.92 Å². The summed E-state index contributed by atoms with van der Waals surface area (Å²) in [4.78, 5) is 15.0. The van der Waals surface area contributed by atoms with Gasteiger partial charge in [-0.15, -0.1) is 10.2 Å². The summed E-state index contributed by atoms with van der Waals surface area (Å²) in [7, 11) is 1.84. The molecule has 0 aliphatic carbocycles. The molecule has 4 rings (SSSR count). The van der Waals surface area contributed by atoms with Crippen molar-refractivity contribution in [2.75, 3.05) is 43.0 Å². The Labute approximate surface area is 162 Å². The van der Waals surface area contributed by atoms with Gasteiger partial charge in [0.1, 0.15) is 5.75 Å². The van der Waals surface area contributed by atoms with Crippen molar-refractivity contribution in [3.05, 3.63) is 36.0 Å². The third-order valence-corrected chi connectivity index (χ3v) is 4.60. The minimum absolute atomic E-state index is 0.293. The number of hydrogen-bond acceptors (Lipinski definition) is 7. The average Bonchev–Trinajstić information content (AvgIpc) is 3.08. The number of nitrogens with zero attached hydrogens (tertiary/aromatic N) is 5. The van der Waals surface area contributed by atoms with Crippen LogP contribution in [0.3, 0.4) is 0 Å². The first-order chi connectivity index (χ1) is 13.6. The van der Waals surface area contributed by atoms with Gasteiger partial charge in [0.05, 0.1) is 17.7 Å². The molecule has 2 aromatic heterocycles. The summed E-state index contributed by atoms with van der Waals surface area (Å²) in [6.45, 7) is 5.98. The first-order valence-electron chi connectivity index (χ1n) is 9.35. The van der Waals surface area contributed by atoms with Crippen LogP contribution in [-0.4, -0.2) is 58.7 Å². The number of nitrogens with one attached hydrogen (secondary N) is 2. The standard InChI is InChI=1S/C19H23N7O2/c1-3-28-16-11-15-13(12-25(2)24-15)10-14(16)19(27)21-17-4-5-18(23-22-17)26-8-6-20-7-9-26/h4-5,10-12,20H,3,6-9H2,1-2H3,(H,21,22,27). The van der Waals surface area contributed by atoms with Gasteiger partial charge in [0, 0.05) is 50.9 Å². The lowest BCUT2D eigenvalue weighted by Crippen LogP contribution is -2.43. The molecule has 3 heterocycles. The van der Waals surface area contributed by atoms with Crippen molar-refractivity contribution in [1.29, 1.82) is 0 Å². The predicted molar refractivity (Wildman–Crippen MR) is 107 cm³/mol. The van der Waals surface area contributed by atoms with E-state index in [1.54, 1.807) is 22.9 Å². The fourth-order valence-electron chi connectivity index (χ4n) is 3.27. The first-order valence-corrected chi connectivity index (χ1v) is 9.35. The summed E-state index contributed by atoms with van der Waals surface area (Å²) in [5.41, 5.74) is 1.22. The summed E-state index contributed by atoms with van der Waals surface area (Å²) in [6, 6.07) is 7.21. The van der Waals surface area contributed by atoms with Gasteiger partial charge in [-0.3, -0.25) is 9.48 Å². The number of benzene rings is 1. The molecule has 28 heavy (non-hydrogen) atoms. The maximum Gasteiger partial charge on any atom is 0.260 e. The van der Waals surface area contributed by atoms with Gasteiger partial charge in [-0.05, 0) is 25.1 Å². The fourth-order valence-corrected chi connectivity index (χ4v) is 3.27. The maximum atomic E-state index is 12.8. The second-order valence-corrected chi connectivity index (χ2v) is 6.61. The van der Waals surface area contributed by atoms with E-state index in [0.717, 1.165) is 42.9 Å². The van der Waals surface area contributed by atoms with Crippen LogP contribution in [0.5, 0.6) is 5.75 Å². The molecule has 0 atom stereocenters. The molecule has 0 radical (unpaired) electrons. The van der Waals surface area contributed by atoms with E-state index in [0.29, 0.717) is 23.7 Å². The number of amides is 1. The fraction of sp³-hybridized carbons (Fsp3) is 0.368. The minimum Gasteiger partial charge on any atom is -0.493 e. The average molecular weight is 381 g/mol. The van der Waals surface area contributed by atoms with Crippen molar-refractivity contribution >= 4 is 28.4 Å². The van der Waals surface area contributed by atoms with E-state index in [4.69, 9.17) is 4.74 Å². The summed E-state index contributed by atoms with van der Waals surface area (Å²) >= 11 is 0. The Balaban J connectivity index is 1.54. The molecule has 0 unspecified atom stereocenters. The van der Waals surface area contributed by atoms with E-state index in [-0.39, 0.29) is 5.91 Å². The van der Waals surface area contributed by atoms with E-state index in [1.165, 1.54) is 0 Å². The lowest BCUT2D eigenvalue weighted by Gasteiger charge is -2.27. The molecule has 3 aromatic rings. The highest BCUT2D eigenvalue weighted by Crippen LogP contribution is 2.26. The number of anilines is 2. The molecule has 9 nitrogen and oxygen atoms in total. The number of piperazine rings is 1. The maximum absolute atomic E-state index is 12.8. The number of carbonyl (C=O) groups is 1. The molecule has 1 aliphatic rings. The second-order valence-electron chi connectivity index (χ2n) is 6.61. The largest absolute Gasteiger partial charge is 0.493 e. The quantitative estimate of drug-likeness (QED) is 0.690. The van der Waals surface area contributed by atoms with E-state index in [2.05, 4.69) is 30.8 Å². The Morgan fingerprint density at radius 3 is 2.79 bits per heavy atom. The molecule has 0 bridgehead atoms. The van der Waals surface area contributed by atoms with Crippen LogP contribution in [0.2, 0.25) is 0 Å². The summed E-state index contributed by atoms with van der Waals surface area (Å²) in [5, 5.41) is 19.8. The molecule has 0 spiro atoms. The molecule has 146 valence electrons. The van der Waals surface area contributed by atoms with Gasteiger partial charge in [-0.1, -0.05) is 0 Å². The molecule has 2 N–H and O–H groups in total. The van der Waals surface area contributed by atoms with Crippen LogP contribution in [0.25, 0.3) is 10.9 Å². The van der Waals surface area contributed by atoms with Gasteiger partial charge in [0.15, 0.2) is 11.6 Å². The third kappa shape index (κ3) is 3.74. The number of rotatable bonds is 5. The van der Waals surface area contributed by atoms with Gasteiger partial charge in [-0.2, -0.15) is 5.10 Å². The van der Waals surface area contributed by atoms with Gasteiger partial charge < -0.3 is 20.3 Å². The number of aryl methyl sites for hydroxylation is 1. The topological polar surface area (TPSA) is 97.2 Å². The van der Waals surface area contributed by atoms with Crippen LogP contribution in [0, 0.1) is 0 Å². The molecule has 1 amide bonds. The van der Waals surface area contributed by atoms with Gasteiger partial charge in [0.2, 0.25) is 0 Å². The van der Waals surface area contributed by atoms with Crippen molar-refractivity contribution in [2.24, 2.45) is 7.05 Å². The number of aromatic nitrogens is 4. The predicted octanol–water partition coefficient (Wildman–Crippen LogP) is 1.42. The molecular formula is C19H23N7O2. The Hall–Kier alpha value is -3.20. The number of fused-ring (bicyclic) bond motifs is 1. The Kier molecular flexibility index (Phi) is 5.07. The molecule has 1 saturated heterocycles. The number of hydrogen-bond donors (Lipinski definition) is 2. The van der Waals surface area contributed by atoms with Crippen LogP contribution in [-0.2, 0) is 7.05 Å². The Bertz CT molecular complexity index is 978. The second kappa shape index (κ2) is 7.81. The highest BCUT2D eigenvalue weighted by molar-refractivity contribution is 6.08. The van der Waals surface area contributed by atoms with Crippen molar-refractivity contribution < 1.29 is 9.53 Å². The summed E-state index contributed by atoms with van der Waals surface area (Å²) < 4.78 is 7.36. The molecule has 1 aromatic carbocycles. The van der Waals surface area contributed by atoms with Gasteiger partial charge >= 0.3 is 0 Å². The highest BCUT2D eigenvalue weighted by Gasteiger charge is 2.17. The van der Waals surface area contributed by atoms with Crippen LogP contribution in [0.4, 0.5) is 11.6 Å². The zero-order valence-corrected chi connectivity index (χ0v) is 16.0. The Morgan fingerprint density at radius 1 is 1.25 bits per heavy atom. The van der Waals surface area contributed by atoms with Crippen LogP contribution >= 0.6 is 0 Å². The van der Waals surface area contributed by atoms with E-state index in [9.17, 15) is 4.79 Å². The van der Waals surface area contributed by atoms with E-state index in [1.807, 2.05) is 26.2 Å². The van der Waals surface area contributed by atoms with Crippen molar-refractivity contribution in [3.8, 4) is 5.75 Å². The van der Waals surface area contributed by atoms with Crippen LogP contribution in [0.15, 0.2) is 30.5 Å². The molecule has 1 aliphatic heterocycles.